The van der Waals surface area contributed by atoms with Crippen molar-refractivity contribution in [1.29, 1.82) is 0 Å². The van der Waals surface area contributed by atoms with Crippen LogP contribution in [0.2, 0.25) is 0 Å². The SMILES string of the molecule is Cc1nn2c(-c3ccn[nH]3)cc(N3CCOCC3)nc2c1Cc1cccc2ccccc12. The molecule has 1 fully saturated rings. The molecule has 160 valence electrons. The first-order valence-corrected chi connectivity index (χ1v) is 11.0. The number of anilines is 1. The van der Waals surface area contributed by atoms with Crippen molar-refractivity contribution in [1.82, 2.24) is 24.8 Å². The average molecular weight is 425 g/mol. The molecule has 2 aromatic carbocycles. The molecule has 0 saturated carbocycles. The van der Waals surface area contributed by atoms with Crippen LogP contribution in [0.15, 0.2) is 60.8 Å². The third-order valence-electron chi connectivity index (χ3n) is 6.23. The van der Waals surface area contributed by atoms with Crippen molar-refractivity contribution in [3.63, 3.8) is 0 Å². The van der Waals surface area contributed by atoms with Crippen LogP contribution in [-0.2, 0) is 11.2 Å². The molecule has 0 aliphatic carbocycles. The molecule has 32 heavy (non-hydrogen) atoms. The van der Waals surface area contributed by atoms with Gasteiger partial charge >= 0.3 is 0 Å². The first-order chi connectivity index (χ1) is 15.8. The van der Waals surface area contributed by atoms with Gasteiger partial charge in [0.15, 0.2) is 5.65 Å². The van der Waals surface area contributed by atoms with Gasteiger partial charge in [0, 0.05) is 37.3 Å². The molecule has 1 saturated heterocycles. The molecule has 1 aliphatic rings. The summed E-state index contributed by atoms with van der Waals surface area (Å²) in [5.74, 6) is 0.949. The number of aromatic amines is 1. The zero-order valence-corrected chi connectivity index (χ0v) is 18.0. The minimum atomic E-state index is 0.716. The van der Waals surface area contributed by atoms with Crippen molar-refractivity contribution < 1.29 is 4.74 Å². The molecule has 7 heteroatoms. The Morgan fingerprint density at radius 2 is 1.88 bits per heavy atom. The van der Waals surface area contributed by atoms with E-state index in [4.69, 9.17) is 14.8 Å². The van der Waals surface area contributed by atoms with E-state index in [-0.39, 0.29) is 0 Å². The lowest BCUT2D eigenvalue weighted by molar-refractivity contribution is 0.122. The van der Waals surface area contributed by atoms with Crippen molar-refractivity contribution >= 4 is 22.2 Å². The Balaban J connectivity index is 1.53. The summed E-state index contributed by atoms with van der Waals surface area (Å²) in [6, 6.07) is 19.1. The Hall–Kier alpha value is -3.71. The molecule has 0 amide bonds. The fourth-order valence-electron chi connectivity index (χ4n) is 4.54. The van der Waals surface area contributed by atoms with E-state index in [1.54, 1.807) is 6.20 Å². The zero-order valence-electron chi connectivity index (χ0n) is 18.0. The number of rotatable bonds is 4. The van der Waals surface area contributed by atoms with Gasteiger partial charge < -0.3 is 9.64 Å². The van der Waals surface area contributed by atoms with Gasteiger partial charge in [-0.2, -0.15) is 10.2 Å². The molecule has 0 atom stereocenters. The van der Waals surface area contributed by atoms with Gasteiger partial charge in [-0.1, -0.05) is 42.5 Å². The molecular formula is C25H24N6O. The molecule has 0 spiro atoms. The summed E-state index contributed by atoms with van der Waals surface area (Å²) >= 11 is 0. The lowest BCUT2D eigenvalue weighted by atomic mass is 9.98. The summed E-state index contributed by atoms with van der Waals surface area (Å²) in [4.78, 5) is 7.39. The molecule has 6 rings (SSSR count). The monoisotopic (exact) mass is 424 g/mol. The molecule has 0 bridgehead atoms. The topological polar surface area (TPSA) is 71.3 Å². The molecule has 0 radical (unpaired) electrons. The number of hydrogen-bond acceptors (Lipinski definition) is 5. The average Bonchev–Trinajstić information content (AvgIpc) is 3.48. The van der Waals surface area contributed by atoms with E-state index in [2.05, 4.69) is 70.6 Å². The van der Waals surface area contributed by atoms with E-state index in [1.165, 1.54) is 16.3 Å². The molecule has 1 N–H and O–H groups in total. The lowest BCUT2D eigenvalue weighted by Gasteiger charge is -2.28. The van der Waals surface area contributed by atoms with Gasteiger partial charge in [-0.25, -0.2) is 9.50 Å². The molecule has 0 unspecified atom stereocenters. The van der Waals surface area contributed by atoms with Gasteiger partial charge in [-0.3, -0.25) is 5.10 Å². The number of H-pyrrole nitrogens is 1. The quantitative estimate of drug-likeness (QED) is 0.472. The molecule has 4 heterocycles. The number of aryl methyl sites for hydroxylation is 1. The van der Waals surface area contributed by atoms with E-state index < -0.39 is 0 Å². The van der Waals surface area contributed by atoms with Gasteiger partial charge in [0.05, 0.1) is 30.3 Å². The number of hydrogen-bond donors (Lipinski definition) is 1. The molecule has 5 aromatic rings. The zero-order chi connectivity index (χ0) is 21.5. The Kier molecular flexibility index (Phi) is 4.61. The van der Waals surface area contributed by atoms with Crippen LogP contribution < -0.4 is 4.90 Å². The second-order valence-electron chi connectivity index (χ2n) is 8.18. The summed E-state index contributed by atoms with van der Waals surface area (Å²) < 4.78 is 7.51. The van der Waals surface area contributed by atoms with Gasteiger partial charge in [0.2, 0.25) is 0 Å². The number of morpholine rings is 1. The number of nitrogens with zero attached hydrogens (tertiary/aromatic N) is 5. The highest BCUT2D eigenvalue weighted by Gasteiger charge is 2.21. The van der Waals surface area contributed by atoms with E-state index >= 15 is 0 Å². The number of fused-ring (bicyclic) bond motifs is 2. The Morgan fingerprint density at radius 1 is 1.03 bits per heavy atom. The maximum atomic E-state index is 5.56. The van der Waals surface area contributed by atoms with E-state index in [1.807, 2.05) is 10.6 Å². The van der Waals surface area contributed by atoms with Gasteiger partial charge in [0.25, 0.3) is 0 Å². The highest BCUT2D eigenvalue weighted by atomic mass is 16.5. The smallest absolute Gasteiger partial charge is 0.161 e. The van der Waals surface area contributed by atoms with Crippen LogP contribution in [0.3, 0.4) is 0 Å². The molecule has 3 aromatic heterocycles. The first kappa shape index (κ1) is 19.0. The number of benzene rings is 2. The van der Waals surface area contributed by atoms with Gasteiger partial charge in [-0.15, -0.1) is 0 Å². The van der Waals surface area contributed by atoms with Crippen molar-refractivity contribution in [2.45, 2.75) is 13.3 Å². The van der Waals surface area contributed by atoms with Crippen LogP contribution in [0.25, 0.3) is 27.8 Å². The number of aromatic nitrogens is 5. The van der Waals surface area contributed by atoms with Crippen LogP contribution in [0.5, 0.6) is 0 Å². The standard InChI is InChI=1S/C25H24N6O/c1-17-21(15-19-7-4-6-18-5-2-3-8-20(18)19)25-27-24(30-11-13-32-14-12-30)16-23(31(25)29-17)22-9-10-26-28-22/h2-10,16H,11-15H2,1H3,(H,26,28). The molecule has 1 aliphatic heterocycles. The fourth-order valence-corrected chi connectivity index (χ4v) is 4.54. The van der Waals surface area contributed by atoms with E-state index in [9.17, 15) is 0 Å². The highest BCUT2D eigenvalue weighted by molar-refractivity contribution is 5.86. The maximum absolute atomic E-state index is 5.56. The Bertz CT molecular complexity index is 1390. The van der Waals surface area contributed by atoms with Gasteiger partial charge in [-0.05, 0) is 29.3 Å². The fraction of sp³-hybridized carbons (Fsp3) is 0.240. The lowest BCUT2D eigenvalue weighted by Crippen LogP contribution is -2.36. The highest BCUT2D eigenvalue weighted by Crippen LogP contribution is 2.29. The van der Waals surface area contributed by atoms with Crippen molar-refractivity contribution in [2.24, 2.45) is 0 Å². The number of ether oxygens (including phenoxy) is 1. The van der Waals surface area contributed by atoms with Crippen LogP contribution in [0.4, 0.5) is 5.82 Å². The second kappa shape index (κ2) is 7.76. The van der Waals surface area contributed by atoms with Crippen LogP contribution >= 0.6 is 0 Å². The first-order valence-electron chi connectivity index (χ1n) is 11.0. The normalized spacial score (nSPS) is 14.5. The minimum absolute atomic E-state index is 0.716. The molecular weight excluding hydrogens is 400 g/mol. The molecule has 7 nitrogen and oxygen atoms in total. The summed E-state index contributed by atoms with van der Waals surface area (Å²) in [5.41, 5.74) is 6.20. The van der Waals surface area contributed by atoms with Crippen LogP contribution in [0.1, 0.15) is 16.8 Å². The van der Waals surface area contributed by atoms with Crippen molar-refractivity contribution in [3.8, 4) is 11.4 Å². The predicted octanol–water partition coefficient (Wildman–Crippen LogP) is 4.01. The van der Waals surface area contributed by atoms with E-state index in [0.717, 1.165) is 53.6 Å². The third-order valence-corrected chi connectivity index (χ3v) is 6.23. The largest absolute Gasteiger partial charge is 0.378 e. The van der Waals surface area contributed by atoms with Gasteiger partial charge in [0.1, 0.15) is 5.82 Å². The summed E-state index contributed by atoms with van der Waals surface area (Å²) in [5, 5.41) is 14.7. The van der Waals surface area contributed by atoms with Crippen LogP contribution in [0, 0.1) is 6.92 Å². The maximum Gasteiger partial charge on any atom is 0.161 e. The minimum Gasteiger partial charge on any atom is -0.378 e. The van der Waals surface area contributed by atoms with E-state index in [0.29, 0.717) is 13.2 Å². The van der Waals surface area contributed by atoms with Crippen LogP contribution in [-0.4, -0.2) is 51.1 Å². The Labute approximate surface area is 185 Å². The third kappa shape index (κ3) is 3.22. The van der Waals surface area contributed by atoms with Crippen molar-refractivity contribution in [3.05, 3.63) is 77.6 Å². The second-order valence-corrected chi connectivity index (χ2v) is 8.18. The summed E-state index contributed by atoms with van der Waals surface area (Å²) in [6.07, 6.45) is 2.54. The Morgan fingerprint density at radius 3 is 2.72 bits per heavy atom. The predicted molar refractivity (Wildman–Crippen MR) is 125 cm³/mol. The number of nitrogens with one attached hydrogen (secondary N) is 1. The summed E-state index contributed by atoms with van der Waals surface area (Å²) in [7, 11) is 0. The summed E-state index contributed by atoms with van der Waals surface area (Å²) in [6.45, 7) is 5.16. The van der Waals surface area contributed by atoms with Crippen molar-refractivity contribution in [2.75, 3.05) is 31.2 Å².